The lowest BCUT2D eigenvalue weighted by Crippen LogP contribution is -2.63. The van der Waals surface area contributed by atoms with E-state index >= 15 is 0 Å². The van der Waals surface area contributed by atoms with Crippen LogP contribution in [0.25, 0.3) is 0 Å². The number of carbonyl (C=O) groups is 1. The quantitative estimate of drug-likeness (QED) is 0.619. The van der Waals surface area contributed by atoms with Crippen LogP contribution in [0.15, 0.2) is 9.82 Å². The largest absolute Gasteiger partial charge is 0.386 e. The van der Waals surface area contributed by atoms with Crippen LogP contribution in [-0.2, 0) is 0 Å². The Morgan fingerprint density at radius 3 is 2.74 bits per heavy atom. The molecule has 0 unspecified atom stereocenters. The van der Waals surface area contributed by atoms with Gasteiger partial charge in [0.25, 0.3) is 5.91 Å². The SMILES string of the molecule is CCC1(O)CN(C(=O)c2c(SC)nc(=O)[nH]c2C)C1. The molecule has 2 rings (SSSR count). The zero-order chi connectivity index (χ0) is 14.2. The van der Waals surface area contributed by atoms with E-state index in [-0.39, 0.29) is 5.91 Å². The third kappa shape index (κ3) is 2.52. The standard InChI is InChI=1S/C12H17N3O3S/c1-4-12(18)5-15(6-12)10(16)8-7(2)13-11(17)14-9(8)19-3/h18H,4-6H2,1-3H3,(H,13,14,17). The van der Waals surface area contributed by atoms with Gasteiger partial charge in [-0.2, -0.15) is 4.98 Å². The van der Waals surface area contributed by atoms with Gasteiger partial charge in [-0.1, -0.05) is 6.92 Å². The average Bonchev–Trinajstić information content (AvgIpc) is 2.33. The van der Waals surface area contributed by atoms with Crippen LogP contribution in [0.1, 0.15) is 29.4 Å². The fourth-order valence-corrected chi connectivity index (χ4v) is 2.77. The third-order valence-electron chi connectivity index (χ3n) is 3.41. The maximum absolute atomic E-state index is 12.4. The first-order valence-corrected chi connectivity index (χ1v) is 7.29. The number of thioether (sulfide) groups is 1. The predicted octanol–water partition coefficient (Wildman–Crippen LogP) is 0.397. The summed E-state index contributed by atoms with van der Waals surface area (Å²) in [6.07, 6.45) is 2.39. The summed E-state index contributed by atoms with van der Waals surface area (Å²) in [6, 6.07) is 0. The lowest BCUT2D eigenvalue weighted by atomic mass is 9.90. The maximum Gasteiger partial charge on any atom is 0.346 e. The van der Waals surface area contributed by atoms with Crippen molar-refractivity contribution in [2.75, 3.05) is 19.3 Å². The summed E-state index contributed by atoms with van der Waals surface area (Å²) < 4.78 is 0. The fourth-order valence-electron chi connectivity index (χ4n) is 2.15. The second-order valence-electron chi connectivity index (χ2n) is 4.79. The number of hydrogen-bond donors (Lipinski definition) is 2. The highest BCUT2D eigenvalue weighted by Gasteiger charge is 2.43. The van der Waals surface area contributed by atoms with Crippen LogP contribution in [-0.4, -0.2) is 50.8 Å². The highest BCUT2D eigenvalue weighted by atomic mass is 32.2. The number of aliphatic hydroxyl groups is 1. The summed E-state index contributed by atoms with van der Waals surface area (Å²) in [7, 11) is 0. The van der Waals surface area contributed by atoms with Crippen LogP contribution >= 0.6 is 11.8 Å². The molecule has 0 aromatic carbocycles. The normalized spacial score (nSPS) is 17.2. The van der Waals surface area contributed by atoms with Gasteiger partial charge in [0.1, 0.15) is 5.03 Å². The van der Waals surface area contributed by atoms with Crippen molar-refractivity contribution in [1.82, 2.24) is 14.9 Å². The molecule has 1 aliphatic rings. The molecular weight excluding hydrogens is 266 g/mol. The molecule has 0 atom stereocenters. The minimum atomic E-state index is -0.765. The molecule has 19 heavy (non-hydrogen) atoms. The molecule has 1 aliphatic heterocycles. The van der Waals surface area contributed by atoms with E-state index in [9.17, 15) is 14.7 Å². The van der Waals surface area contributed by atoms with Gasteiger partial charge in [0.05, 0.1) is 24.3 Å². The predicted molar refractivity (Wildman–Crippen MR) is 72.5 cm³/mol. The summed E-state index contributed by atoms with van der Waals surface area (Å²) in [6.45, 7) is 4.23. The van der Waals surface area contributed by atoms with Crippen LogP contribution < -0.4 is 5.69 Å². The summed E-state index contributed by atoms with van der Waals surface area (Å²) in [5.41, 5.74) is -0.280. The van der Waals surface area contributed by atoms with Crippen molar-refractivity contribution in [1.29, 1.82) is 0 Å². The topological polar surface area (TPSA) is 86.3 Å². The second kappa shape index (κ2) is 4.97. The number of nitrogens with zero attached hydrogens (tertiary/aromatic N) is 2. The van der Waals surface area contributed by atoms with Crippen LogP contribution in [0, 0.1) is 6.92 Å². The van der Waals surface area contributed by atoms with Gasteiger partial charge in [-0.3, -0.25) is 4.79 Å². The number of aromatic amines is 1. The van der Waals surface area contributed by atoms with Crippen molar-refractivity contribution in [3.63, 3.8) is 0 Å². The first-order chi connectivity index (χ1) is 8.90. The highest BCUT2D eigenvalue weighted by Crippen LogP contribution is 2.28. The third-order valence-corrected chi connectivity index (χ3v) is 4.09. The van der Waals surface area contributed by atoms with Gasteiger partial charge in [-0.05, 0) is 19.6 Å². The number of rotatable bonds is 3. The van der Waals surface area contributed by atoms with Gasteiger partial charge >= 0.3 is 5.69 Å². The number of nitrogens with one attached hydrogen (secondary N) is 1. The van der Waals surface area contributed by atoms with Gasteiger partial charge in [0, 0.05) is 5.69 Å². The van der Waals surface area contributed by atoms with Crippen molar-refractivity contribution < 1.29 is 9.90 Å². The Labute approximate surface area is 115 Å². The molecule has 0 radical (unpaired) electrons. The number of aryl methyl sites for hydroxylation is 1. The number of likely N-dealkylation sites (tertiary alicyclic amines) is 1. The first-order valence-electron chi connectivity index (χ1n) is 6.07. The smallest absolute Gasteiger partial charge is 0.346 e. The monoisotopic (exact) mass is 283 g/mol. The minimum absolute atomic E-state index is 0.191. The fraction of sp³-hybridized carbons (Fsp3) is 0.583. The van der Waals surface area contributed by atoms with Gasteiger partial charge in [-0.15, -0.1) is 11.8 Å². The van der Waals surface area contributed by atoms with Crippen molar-refractivity contribution in [2.24, 2.45) is 0 Å². The van der Waals surface area contributed by atoms with Gasteiger partial charge in [0.15, 0.2) is 0 Å². The molecule has 0 saturated carbocycles. The summed E-state index contributed by atoms with van der Waals surface area (Å²) in [5.74, 6) is -0.191. The minimum Gasteiger partial charge on any atom is -0.386 e. The van der Waals surface area contributed by atoms with Gasteiger partial charge in [-0.25, -0.2) is 4.79 Å². The molecule has 0 bridgehead atoms. The molecular formula is C12H17N3O3S. The Morgan fingerprint density at radius 1 is 1.58 bits per heavy atom. The molecule has 2 N–H and O–H groups in total. The second-order valence-corrected chi connectivity index (χ2v) is 5.59. The van der Waals surface area contributed by atoms with Crippen LogP contribution in [0.5, 0.6) is 0 Å². The van der Waals surface area contributed by atoms with E-state index in [1.54, 1.807) is 18.1 Å². The molecule has 1 amide bonds. The van der Waals surface area contributed by atoms with Crippen molar-refractivity contribution >= 4 is 17.7 Å². The van der Waals surface area contributed by atoms with E-state index < -0.39 is 11.3 Å². The summed E-state index contributed by atoms with van der Waals surface area (Å²) in [5, 5.41) is 10.4. The van der Waals surface area contributed by atoms with Crippen LogP contribution in [0.4, 0.5) is 0 Å². The number of β-amino-alcohol motifs (C(OH)–C–C–N with tert-alkyl or cyclic N) is 1. The molecule has 7 heteroatoms. The maximum atomic E-state index is 12.4. The van der Waals surface area contributed by atoms with E-state index in [2.05, 4.69) is 9.97 Å². The molecule has 104 valence electrons. The molecule has 1 saturated heterocycles. The van der Waals surface area contributed by atoms with E-state index in [4.69, 9.17) is 0 Å². The Hall–Kier alpha value is -1.34. The van der Waals surface area contributed by atoms with E-state index in [1.807, 2.05) is 6.92 Å². The van der Waals surface area contributed by atoms with E-state index in [1.165, 1.54) is 11.8 Å². The average molecular weight is 283 g/mol. The Balaban J connectivity index is 2.28. The van der Waals surface area contributed by atoms with E-state index in [0.29, 0.717) is 35.8 Å². The van der Waals surface area contributed by atoms with E-state index in [0.717, 1.165) is 0 Å². The number of amides is 1. The number of aromatic nitrogens is 2. The van der Waals surface area contributed by atoms with Crippen molar-refractivity contribution in [2.45, 2.75) is 30.9 Å². The molecule has 0 spiro atoms. The molecule has 6 nitrogen and oxygen atoms in total. The zero-order valence-electron chi connectivity index (χ0n) is 11.2. The summed E-state index contributed by atoms with van der Waals surface area (Å²) in [4.78, 5) is 31.6. The molecule has 2 heterocycles. The number of H-pyrrole nitrogens is 1. The number of hydrogen-bond acceptors (Lipinski definition) is 5. The number of carbonyl (C=O) groups excluding carboxylic acids is 1. The van der Waals surface area contributed by atoms with Crippen LogP contribution in [0.2, 0.25) is 0 Å². The van der Waals surface area contributed by atoms with Crippen molar-refractivity contribution in [3.05, 3.63) is 21.7 Å². The Morgan fingerprint density at radius 2 is 2.21 bits per heavy atom. The highest BCUT2D eigenvalue weighted by molar-refractivity contribution is 7.98. The molecule has 1 aromatic rings. The van der Waals surface area contributed by atoms with Crippen molar-refractivity contribution in [3.8, 4) is 0 Å². The molecule has 1 aromatic heterocycles. The molecule has 0 aliphatic carbocycles. The Kier molecular flexibility index (Phi) is 3.69. The first kappa shape index (κ1) is 14.1. The lowest BCUT2D eigenvalue weighted by molar-refractivity contribution is -0.0828. The lowest BCUT2D eigenvalue weighted by Gasteiger charge is -2.46. The van der Waals surface area contributed by atoms with Gasteiger partial charge in [0.2, 0.25) is 0 Å². The van der Waals surface area contributed by atoms with Gasteiger partial charge < -0.3 is 15.0 Å². The molecule has 1 fully saturated rings. The summed E-state index contributed by atoms with van der Waals surface area (Å²) >= 11 is 1.27. The van der Waals surface area contributed by atoms with Crippen LogP contribution in [0.3, 0.4) is 0 Å². The zero-order valence-corrected chi connectivity index (χ0v) is 12.0. The Bertz CT molecular complexity index is 564.